The first-order chi connectivity index (χ1) is 12.3. The molecule has 0 amide bonds. The van der Waals surface area contributed by atoms with Crippen LogP contribution in [0.3, 0.4) is 0 Å². The van der Waals surface area contributed by atoms with Gasteiger partial charge in [-0.2, -0.15) is 0 Å². The second-order valence-corrected chi connectivity index (χ2v) is 7.14. The van der Waals surface area contributed by atoms with Crippen molar-refractivity contribution in [2.24, 2.45) is 5.92 Å². The van der Waals surface area contributed by atoms with Crippen molar-refractivity contribution in [1.82, 2.24) is 19.6 Å². The number of nitrogens with one attached hydrogen (secondary N) is 1. The van der Waals surface area contributed by atoms with Gasteiger partial charge in [0, 0.05) is 38.1 Å². The van der Waals surface area contributed by atoms with Crippen molar-refractivity contribution >= 4 is 5.65 Å². The van der Waals surface area contributed by atoms with Crippen LogP contribution in [0.25, 0.3) is 5.65 Å². The van der Waals surface area contributed by atoms with Crippen molar-refractivity contribution < 1.29 is 0 Å². The molecule has 0 radical (unpaired) electrons. The number of hydrogen-bond donors (Lipinski definition) is 1. The summed E-state index contributed by atoms with van der Waals surface area (Å²) in [5, 5.41) is 3.68. The standard InChI is InChI=1S/C21H26N4/c1-17(22-13-20-16-25-11-6-5-9-21(25)23-20)19-10-12-24(15-19)14-18-7-3-2-4-8-18/h2-9,11,16-17,19,22H,10,12-15H2,1H3. The Morgan fingerprint density at radius 3 is 2.84 bits per heavy atom. The molecular formula is C21H26N4. The zero-order valence-electron chi connectivity index (χ0n) is 14.8. The molecular weight excluding hydrogens is 308 g/mol. The maximum absolute atomic E-state index is 4.67. The van der Waals surface area contributed by atoms with Crippen LogP contribution in [0.5, 0.6) is 0 Å². The monoisotopic (exact) mass is 334 g/mol. The van der Waals surface area contributed by atoms with Crippen molar-refractivity contribution in [3.63, 3.8) is 0 Å². The molecule has 4 rings (SSSR count). The predicted molar refractivity (Wildman–Crippen MR) is 101 cm³/mol. The normalized spacial score (nSPS) is 19.5. The SMILES string of the molecule is CC(NCc1cn2ccccc2n1)C1CCN(Cc2ccccc2)C1. The number of hydrogen-bond acceptors (Lipinski definition) is 3. The number of imidazole rings is 1. The molecule has 3 heterocycles. The second kappa shape index (κ2) is 7.38. The number of rotatable bonds is 6. The summed E-state index contributed by atoms with van der Waals surface area (Å²) in [5.74, 6) is 0.709. The molecule has 1 saturated heterocycles. The van der Waals surface area contributed by atoms with Crippen LogP contribution in [0.1, 0.15) is 24.6 Å². The van der Waals surface area contributed by atoms with Crippen LogP contribution in [0.4, 0.5) is 0 Å². The lowest BCUT2D eigenvalue weighted by Crippen LogP contribution is -2.35. The summed E-state index contributed by atoms with van der Waals surface area (Å²) in [4.78, 5) is 7.24. The van der Waals surface area contributed by atoms with Crippen molar-refractivity contribution in [1.29, 1.82) is 0 Å². The Morgan fingerprint density at radius 2 is 2.00 bits per heavy atom. The summed E-state index contributed by atoms with van der Waals surface area (Å²) >= 11 is 0. The Balaban J connectivity index is 1.29. The Bertz CT molecular complexity index is 778. The van der Waals surface area contributed by atoms with E-state index in [4.69, 9.17) is 0 Å². The van der Waals surface area contributed by atoms with Gasteiger partial charge in [0.05, 0.1) is 5.69 Å². The molecule has 1 N–H and O–H groups in total. The lowest BCUT2D eigenvalue weighted by molar-refractivity contribution is 0.296. The van der Waals surface area contributed by atoms with Crippen molar-refractivity contribution in [3.8, 4) is 0 Å². The van der Waals surface area contributed by atoms with Gasteiger partial charge in [-0.3, -0.25) is 4.90 Å². The van der Waals surface area contributed by atoms with Gasteiger partial charge in [0.2, 0.25) is 0 Å². The van der Waals surface area contributed by atoms with Gasteiger partial charge in [0.1, 0.15) is 5.65 Å². The third-order valence-corrected chi connectivity index (χ3v) is 5.28. The molecule has 4 heteroatoms. The van der Waals surface area contributed by atoms with Gasteiger partial charge < -0.3 is 9.72 Å². The van der Waals surface area contributed by atoms with Crippen LogP contribution in [0.15, 0.2) is 60.9 Å². The molecule has 1 fully saturated rings. The van der Waals surface area contributed by atoms with E-state index >= 15 is 0 Å². The van der Waals surface area contributed by atoms with E-state index in [1.54, 1.807) is 0 Å². The van der Waals surface area contributed by atoms with Crippen molar-refractivity contribution in [2.45, 2.75) is 32.5 Å². The molecule has 3 aromatic rings. The van der Waals surface area contributed by atoms with Crippen LogP contribution in [0.2, 0.25) is 0 Å². The summed E-state index contributed by atoms with van der Waals surface area (Å²) in [6.07, 6.45) is 5.44. The zero-order valence-corrected chi connectivity index (χ0v) is 14.8. The lowest BCUT2D eigenvalue weighted by atomic mass is 10.0. The van der Waals surface area contributed by atoms with Crippen LogP contribution >= 0.6 is 0 Å². The quantitative estimate of drug-likeness (QED) is 0.750. The van der Waals surface area contributed by atoms with Gasteiger partial charge in [-0.05, 0) is 43.5 Å². The van der Waals surface area contributed by atoms with Crippen molar-refractivity contribution in [3.05, 3.63) is 72.2 Å². The third-order valence-electron chi connectivity index (χ3n) is 5.28. The van der Waals surface area contributed by atoms with E-state index in [1.807, 2.05) is 24.4 Å². The summed E-state index contributed by atoms with van der Waals surface area (Å²) in [6, 6.07) is 17.4. The highest BCUT2D eigenvalue weighted by atomic mass is 15.2. The van der Waals surface area contributed by atoms with E-state index in [0.717, 1.165) is 24.4 Å². The minimum atomic E-state index is 0.505. The maximum atomic E-state index is 4.67. The van der Waals surface area contributed by atoms with E-state index in [1.165, 1.54) is 25.1 Å². The molecule has 130 valence electrons. The fourth-order valence-electron chi connectivity index (χ4n) is 3.76. The van der Waals surface area contributed by atoms with Gasteiger partial charge in [-0.25, -0.2) is 4.98 Å². The van der Waals surface area contributed by atoms with Gasteiger partial charge in [0.25, 0.3) is 0 Å². The van der Waals surface area contributed by atoms with Gasteiger partial charge in [0.15, 0.2) is 0 Å². The summed E-state index contributed by atoms with van der Waals surface area (Å²) in [5.41, 5.74) is 3.53. The average molecular weight is 334 g/mol. The molecule has 2 aromatic heterocycles. The van der Waals surface area contributed by atoms with Gasteiger partial charge >= 0.3 is 0 Å². The van der Waals surface area contributed by atoms with Crippen molar-refractivity contribution in [2.75, 3.05) is 13.1 Å². The fourth-order valence-corrected chi connectivity index (χ4v) is 3.76. The first kappa shape index (κ1) is 16.3. The number of aromatic nitrogens is 2. The molecule has 1 aliphatic rings. The van der Waals surface area contributed by atoms with Crippen LogP contribution in [-0.4, -0.2) is 33.4 Å². The molecule has 1 aliphatic heterocycles. The summed E-state index contributed by atoms with van der Waals surface area (Å²) in [7, 11) is 0. The first-order valence-electron chi connectivity index (χ1n) is 9.20. The predicted octanol–water partition coefficient (Wildman–Crippen LogP) is 3.33. The Hall–Kier alpha value is -2.17. The number of pyridine rings is 1. The second-order valence-electron chi connectivity index (χ2n) is 7.14. The van der Waals surface area contributed by atoms with E-state index < -0.39 is 0 Å². The fraction of sp³-hybridized carbons (Fsp3) is 0.381. The molecule has 1 aromatic carbocycles. The summed E-state index contributed by atoms with van der Waals surface area (Å²) < 4.78 is 2.08. The zero-order chi connectivity index (χ0) is 17.1. The number of fused-ring (bicyclic) bond motifs is 1. The summed E-state index contributed by atoms with van der Waals surface area (Å²) in [6.45, 7) is 6.58. The third kappa shape index (κ3) is 3.91. The Morgan fingerprint density at radius 1 is 1.16 bits per heavy atom. The Kier molecular flexibility index (Phi) is 4.81. The Labute approximate surface area is 149 Å². The molecule has 4 nitrogen and oxygen atoms in total. The average Bonchev–Trinajstić information content (AvgIpc) is 3.27. The smallest absolute Gasteiger partial charge is 0.137 e. The largest absolute Gasteiger partial charge is 0.308 e. The first-order valence-corrected chi connectivity index (χ1v) is 9.20. The van der Waals surface area contributed by atoms with Crippen LogP contribution < -0.4 is 5.32 Å². The minimum Gasteiger partial charge on any atom is -0.308 e. The van der Waals surface area contributed by atoms with E-state index in [-0.39, 0.29) is 0 Å². The van der Waals surface area contributed by atoms with E-state index in [2.05, 4.69) is 63.1 Å². The molecule has 2 unspecified atom stereocenters. The molecule has 2 atom stereocenters. The molecule has 0 bridgehead atoms. The maximum Gasteiger partial charge on any atom is 0.137 e. The van der Waals surface area contributed by atoms with Gasteiger partial charge in [-0.1, -0.05) is 36.4 Å². The molecule has 0 aliphatic carbocycles. The lowest BCUT2D eigenvalue weighted by Gasteiger charge is -2.21. The minimum absolute atomic E-state index is 0.505. The topological polar surface area (TPSA) is 32.6 Å². The van der Waals surface area contributed by atoms with E-state index in [0.29, 0.717) is 12.0 Å². The number of likely N-dealkylation sites (tertiary alicyclic amines) is 1. The molecule has 25 heavy (non-hydrogen) atoms. The molecule has 0 spiro atoms. The highest BCUT2D eigenvalue weighted by molar-refractivity contribution is 5.39. The van der Waals surface area contributed by atoms with Crippen LogP contribution in [0, 0.1) is 5.92 Å². The molecule has 0 saturated carbocycles. The number of nitrogens with zero attached hydrogens (tertiary/aromatic N) is 3. The van der Waals surface area contributed by atoms with E-state index in [9.17, 15) is 0 Å². The highest BCUT2D eigenvalue weighted by Crippen LogP contribution is 2.22. The van der Waals surface area contributed by atoms with Gasteiger partial charge in [-0.15, -0.1) is 0 Å². The highest BCUT2D eigenvalue weighted by Gasteiger charge is 2.26. The van der Waals surface area contributed by atoms with Crippen LogP contribution in [-0.2, 0) is 13.1 Å². The number of benzene rings is 1.